The lowest BCUT2D eigenvalue weighted by atomic mass is 10.2. The second-order valence-corrected chi connectivity index (χ2v) is 6.28. The van der Waals surface area contributed by atoms with Crippen LogP contribution in [0.5, 0.6) is 5.75 Å². The molecule has 132 valence electrons. The van der Waals surface area contributed by atoms with Crippen molar-refractivity contribution >= 4 is 33.4 Å². The van der Waals surface area contributed by atoms with Crippen molar-refractivity contribution in [3.63, 3.8) is 0 Å². The summed E-state index contributed by atoms with van der Waals surface area (Å²) >= 11 is 3.36. The van der Waals surface area contributed by atoms with Crippen molar-refractivity contribution in [1.29, 1.82) is 0 Å². The van der Waals surface area contributed by atoms with Gasteiger partial charge in [0.1, 0.15) is 0 Å². The zero-order chi connectivity index (χ0) is 18.4. The van der Waals surface area contributed by atoms with Gasteiger partial charge in [-0.3, -0.25) is 9.59 Å². The molecule has 2 aromatic carbocycles. The number of ether oxygens (including phenoxy) is 1. The van der Waals surface area contributed by atoms with E-state index in [1.807, 2.05) is 19.1 Å². The van der Waals surface area contributed by atoms with E-state index in [2.05, 4.69) is 26.6 Å². The predicted octanol–water partition coefficient (Wildman–Crippen LogP) is 3.66. The summed E-state index contributed by atoms with van der Waals surface area (Å²) in [5.74, 6) is -1.21. The minimum Gasteiger partial charge on any atom is -0.494 e. The maximum absolute atomic E-state index is 13.6. The van der Waals surface area contributed by atoms with Crippen LogP contribution in [0.1, 0.15) is 22.3 Å². The van der Waals surface area contributed by atoms with Gasteiger partial charge < -0.3 is 15.4 Å². The van der Waals surface area contributed by atoms with Crippen LogP contribution in [-0.4, -0.2) is 25.5 Å². The first-order chi connectivity index (χ1) is 11.9. The van der Waals surface area contributed by atoms with Gasteiger partial charge >= 0.3 is 0 Å². The first-order valence-electron chi connectivity index (χ1n) is 7.58. The summed E-state index contributed by atoms with van der Waals surface area (Å²) in [7, 11) is 1.35. The summed E-state index contributed by atoms with van der Waals surface area (Å²) in [6, 6.07) is 9.48. The van der Waals surface area contributed by atoms with Crippen LogP contribution in [0.2, 0.25) is 0 Å². The number of benzene rings is 2. The van der Waals surface area contributed by atoms with Crippen molar-refractivity contribution in [2.24, 2.45) is 0 Å². The Labute approximate surface area is 153 Å². The Bertz CT molecular complexity index is 796. The zero-order valence-electron chi connectivity index (χ0n) is 13.9. The van der Waals surface area contributed by atoms with E-state index in [0.717, 1.165) is 21.8 Å². The Morgan fingerprint density at radius 1 is 1.20 bits per heavy atom. The molecule has 2 rings (SSSR count). The average molecular weight is 409 g/mol. The average Bonchev–Trinajstić information content (AvgIpc) is 2.57. The number of nitrogens with one attached hydrogen (secondary N) is 2. The number of halogens is 2. The third kappa shape index (κ3) is 5.29. The molecule has 0 aliphatic rings. The van der Waals surface area contributed by atoms with Gasteiger partial charge in [-0.25, -0.2) is 4.39 Å². The van der Waals surface area contributed by atoms with Gasteiger partial charge in [-0.15, -0.1) is 0 Å². The summed E-state index contributed by atoms with van der Waals surface area (Å²) in [5.41, 5.74) is 1.82. The normalized spacial score (nSPS) is 10.2. The second-order valence-electron chi connectivity index (χ2n) is 5.36. The lowest BCUT2D eigenvalue weighted by Gasteiger charge is -2.10. The Kier molecular flexibility index (Phi) is 6.52. The zero-order valence-corrected chi connectivity index (χ0v) is 15.4. The van der Waals surface area contributed by atoms with E-state index in [9.17, 15) is 14.0 Å². The van der Waals surface area contributed by atoms with E-state index in [4.69, 9.17) is 4.74 Å². The summed E-state index contributed by atoms with van der Waals surface area (Å²) in [5, 5.41) is 5.38. The maximum Gasteiger partial charge on any atom is 0.251 e. The van der Waals surface area contributed by atoms with Gasteiger partial charge in [0.25, 0.3) is 5.91 Å². The molecule has 2 N–H and O–H groups in total. The van der Waals surface area contributed by atoms with Crippen molar-refractivity contribution in [3.8, 4) is 5.75 Å². The van der Waals surface area contributed by atoms with Crippen LogP contribution in [0.25, 0.3) is 0 Å². The number of hydrogen-bond donors (Lipinski definition) is 2. The van der Waals surface area contributed by atoms with Crippen LogP contribution < -0.4 is 15.4 Å². The van der Waals surface area contributed by atoms with E-state index < -0.39 is 11.7 Å². The summed E-state index contributed by atoms with van der Waals surface area (Å²) < 4.78 is 19.3. The Balaban J connectivity index is 1.84. The SMILES string of the molecule is COc1ccc(C(=O)NCCC(=O)Nc2ccc(Br)cc2C)cc1F. The minimum atomic E-state index is -0.612. The van der Waals surface area contributed by atoms with Crippen molar-refractivity contribution in [1.82, 2.24) is 5.32 Å². The molecule has 7 heteroatoms. The largest absolute Gasteiger partial charge is 0.494 e. The van der Waals surface area contributed by atoms with Crippen LogP contribution in [0.15, 0.2) is 40.9 Å². The number of carbonyl (C=O) groups is 2. The fourth-order valence-electron chi connectivity index (χ4n) is 2.18. The molecule has 0 aliphatic carbocycles. The van der Waals surface area contributed by atoms with Gasteiger partial charge in [0.2, 0.25) is 5.91 Å². The van der Waals surface area contributed by atoms with Crippen LogP contribution in [0.3, 0.4) is 0 Å². The monoisotopic (exact) mass is 408 g/mol. The highest BCUT2D eigenvalue weighted by Gasteiger charge is 2.11. The van der Waals surface area contributed by atoms with Crippen LogP contribution in [0.4, 0.5) is 10.1 Å². The smallest absolute Gasteiger partial charge is 0.251 e. The number of methoxy groups -OCH3 is 1. The first-order valence-corrected chi connectivity index (χ1v) is 8.37. The molecular weight excluding hydrogens is 391 g/mol. The molecule has 0 spiro atoms. The van der Waals surface area contributed by atoms with Crippen molar-refractivity contribution in [2.45, 2.75) is 13.3 Å². The van der Waals surface area contributed by atoms with Gasteiger partial charge in [-0.05, 0) is 48.9 Å². The van der Waals surface area contributed by atoms with E-state index in [-0.39, 0.29) is 30.2 Å². The van der Waals surface area contributed by atoms with Gasteiger partial charge in [0.05, 0.1) is 7.11 Å². The summed E-state index contributed by atoms with van der Waals surface area (Å²) in [6.45, 7) is 2.04. The highest BCUT2D eigenvalue weighted by atomic mass is 79.9. The molecule has 0 aromatic heterocycles. The molecule has 0 radical (unpaired) electrons. The standard InChI is InChI=1S/C18H18BrFN2O3/c1-11-9-13(19)4-5-15(11)22-17(23)7-8-21-18(24)12-3-6-16(25-2)14(20)10-12/h3-6,9-10H,7-8H2,1-2H3,(H,21,24)(H,22,23). The van der Waals surface area contributed by atoms with Crippen LogP contribution in [0, 0.1) is 12.7 Å². The van der Waals surface area contributed by atoms with E-state index in [1.54, 1.807) is 6.07 Å². The summed E-state index contributed by atoms with van der Waals surface area (Å²) in [6.07, 6.45) is 0.111. The molecule has 0 heterocycles. The molecular formula is C18H18BrFN2O3. The number of amides is 2. The Morgan fingerprint density at radius 2 is 1.96 bits per heavy atom. The Morgan fingerprint density at radius 3 is 2.60 bits per heavy atom. The lowest BCUT2D eigenvalue weighted by molar-refractivity contribution is -0.116. The highest BCUT2D eigenvalue weighted by molar-refractivity contribution is 9.10. The van der Waals surface area contributed by atoms with Crippen molar-refractivity contribution < 1.29 is 18.7 Å². The fraction of sp³-hybridized carbons (Fsp3) is 0.222. The molecule has 0 aliphatic heterocycles. The molecule has 0 saturated carbocycles. The third-order valence-corrected chi connectivity index (χ3v) is 4.01. The highest BCUT2D eigenvalue weighted by Crippen LogP contribution is 2.20. The van der Waals surface area contributed by atoms with E-state index >= 15 is 0 Å². The number of carbonyl (C=O) groups excluding carboxylic acids is 2. The van der Waals surface area contributed by atoms with E-state index in [0.29, 0.717) is 0 Å². The first kappa shape index (κ1) is 18.9. The second kappa shape index (κ2) is 8.62. The molecule has 0 atom stereocenters. The molecule has 0 saturated heterocycles. The molecule has 2 aromatic rings. The van der Waals surface area contributed by atoms with Gasteiger partial charge in [-0.2, -0.15) is 0 Å². The number of rotatable bonds is 6. The van der Waals surface area contributed by atoms with Crippen LogP contribution in [-0.2, 0) is 4.79 Å². The summed E-state index contributed by atoms with van der Waals surface area (Å²) in [4.78, 5) is 23.9. The molecule has 0 fully saturated rings. The third-order valence-electron chi connectivity index (χ3n) is 3.51. The Hall–Kier alpha value is -2.41. The van der Waals surface area contributed by atoms with Gasteiger partial charge in [-0.1, -0.05) is 15.9 Å². The fourth-order valence-corrected chi connectivity index (χ4v) is 2.65. The molecule has 0 bridgehead atoms. The number of hydrogen-bond acceptors (Lipinski definition) is 3. The molecule has 25 heavy (non-hydrogen) atoms. The quantitative estimate of drug-likeness (QED) is 0.765. The number of anilines is 1. The topological polar surface area (TPSA) is 67.4 Å². The van der Waals surface area contributed by atoms with Crippen molar-refractivity contribution in [3.05, 3.63) is 57.8 Å². The van der Waals surface area contributed by atoms with Crippen molar-refractivity contribution in [2.75, 3.05) is 19.0 Å². The lowest BCUT2D eigenvalue weighted by Crippen LogP contribution is -2.27. The van der Waals surface area contributed by atoms with Crippen LogP contribution >= 0.6 is 15.9 Å². The molecule has 2 amide bonds. The van der Waals surface area contributed by atoms with Gasteiger partial charge in [0, 0.05) is 28.7 Å². The maximum atomic E-state index is 13.6. The molecule has 0 unspecified atom stereocenters. The number of aryl methyl sites for hydroxylation is 1. The molecule has 5 nitrogen and oxygen atoms in total. The van der Waals surface area contributed by atoms with Gasteiger partial charge in [0.15, 0.2) is 11.6 Å². The predicted molar refractivity (Wildman–Crippen MR) is 97.4 cm³/mol. The minimum absolute atomic E-state index is 0.0702. The van der Waals surface area contributed by atoms with E-state index in [1.165, 1.54) is 19.2 Å².